The van der Waals surface area contributed by atoms with Gasteiger partial charge in [0.05, 0.1) is 0 Å². The summed E-state index contributed by atoms with van der Waals surface area (Å²) in [6.45, 7) is 12.6. The Hall–Kier alpha value is -3.27. The molecule has 1 fully saturated rings. The van der Waals surface area contributed by atoms with E-state index in [0.717, 1.165) is 42.6 Å². The van der Waals surface area contributed by atoms with E-state index < -0.39 is 29.7 Å². The van der Waals surface area contributed by atoms with Gasteiger partial charge < -0.3 is 15.4 Å². The average molecular weight is 482 g/mol. The molecule has 0 saturated heterocycles. The molecule has 7 nitrogen and oxygen atoms in total. The molecule has 1 aromatic carbocycles. The van der Waals surface area contributed by atoms with Crippen molar-refractivity contribution >= 4 is 24.0 Å². The molecule has 2 atom stereocenters. The maximum absolute atomic E-state index is 13.7. The number of benzene rings is 1. The lowest BCUT2D eigenvalue weighted by Gasteiger charge is -2.33. The van der Waals surface area contributed by atoms with E-state index in [1.54, 1.807) is 58.9 Å². The smallest absolute Gasteiger partial charge is 0.408 e. The first-order valence-electron chi connectivity index (χ1n) is 12.3. The number of nitrogens with zero attached hydrogens (tertiary/aromatic N) is 1. The number of nitrogens with one attached hydrogen (secondary N) is 2. The minimum absolute atomic E-state index is 0.0387. The summed E-state index contributed by atoms with van der Waals surface area (Å²) in [4.78, 5) is 40.8. The van der Waals surface area contributed by atoms with E-state index in [1.165, 1.54) is 0 Å². The maximum Gasteiger partial charge on any atom is 0.408 e. The molecule has 0 aromatic heterocycles. The summed E-state index contributed by atoms with van der Waals surface area (Å²) in [6, 6.07) is 7.63. The van der Waals surface area contributed by atoms with E-state index in [4.69, 9.17) is 11.2 Å². The predicted octanol–water partition coefficient (Wildman–Crippen LogP) is 4.79. The fourth-order valence-electron chi connectivity index (χ4n) is 4.16. The third-order valence-electron chi connectivity index (χ3n) is 5.90. The monoisotopic (exact) mass is 481 g/mol. The van der Waals surface area contributed by atoms with E-state index in [9.17, 15) is 14.4 Å². The van der Waals surface area contributed by atoms with Gasteiger partial charge in [-0.25, -0.2) is 4.79 Å². The predicted molar refractivity (Wildman–Crippen MR) is 138 cm³/mol. The molecule has 1 aliphatic carbocycles. The van der Waals surface area contributed by atoms with E-state index in [-0.39, 0.29) is 17.9 Å². The highest BCUT2D eigenvalue weighted by atomic mass is 16.6. The van der Waals surface area contributed by atoms with Gasteiger partial charge in [0.2, 0.25) is 5.91 Å². The number of amides is 3. The van der Waals surface area contributed by atoms with Crippen LogP contribution in [0.4, 0.5) is 4.79 Å². The van der Waals surface area contributed by atoms with Gasteiger partial charge in [-0.1, -0.05) is 70.4 Å². The third-order valence-corrected chi connectivity index (χ3v) is 5.90. The van der Waals surface area contributed by atoms with Crippen LogP contribution in [-0.4, -0.2) is 40.5 Å². The molecule has 2 unspecified atom stereocenters. The van der Waals surface area contributed by atoms with Crippen molar-refractivity contribution < 1.29 is 19.1 Å². The minimum Gasteiger partial charge on any atom is -0.444 e. The van der Waals surface area contributed by atoms with E-state index >= 15 is 0 Å². The Morgan fingerprint density at radius 3 is 2.40 bits per heavy atom. The highest BCUT2D eigenvalue weighted by Crippen LogP contribution is 2.26. The van der Waals surface area contributed by atoms with Gasteiger partial charge in [-0.05, 0) is 56.7 Å². The largest absolute Gasteiger partial charge is 0.444 e. The van der Waals surface area contributed by atoms with Crippen LogP contribution in [0.25, 0.3) is 6.08 Å². The number of carbonyl (C=O) groups excluding carboxylic acids is 3. The molecule has 1 aliphatic rings. The summed E-state index contributed by atoms with van der Waals surface area (Å²) in [6.07, 6.45) is 11.8. The lowest BCUT2D eigenvalue weighted by Crippen LogP contribution is -2.54. The molecule has 35 heavy (non-hydrogen) atoms. The molecule has 1 aromatic rings. The molecule has 190 valence electrons. The number of rotatable bonds is 8. The number of ether oxygens (including phenoxy) is 1. The Morgan fingerprint density at radius 1 is 1.20 bits per heavy atom. The molecule has 0 spiro atoms. The van der Waals surface area contributed by atoms with Gasteiger partial charge >= 0.3 is 6.09 Å². The number of terminal acetylenes is 1. The van der Waals surface area contributed by atoms with Crippen molar-refractivity contribution in [3.63, 3.8) is 0 Å². The molecule has 0 radical (unpaired) electrons. The SMILES string of the molecule is C#CN(C(=O)C(NC(=O)OC(C)(C)C)C(C)C)C(C(=O)NC1CCCCC1)c1cccc(C=C)c1. The van der Waals surface area contributed by atoms with Crippen molar-refractivity contribution in [3.8, 4) is 12.5 Å². The molecule has 1 saturated carbocycles. The van der Waals surface area contributed by atoms with Crippen molar-refractivity contribution in [1.29, 1.82) is 0 Å². The normalized spacial score (nSPS) is 15.9. The van der Waals surface area contributed by atoms with Gasteiger partial charge in [0.1, 0.15) is 17.7 Å². The van der Waals surface area contributed by atoms with E-state index in [1.807, 2.05) is 6.07 Å². The minimum atomic E-state index is -1.06. The zero-order chi connectivity index (χ0) is 26.2. The van der Waals surface area contributed by atoms with Gasteiger partial charge in [-0.2, -0.15) is 0 Å². The first-order chi connectivity index (χ1) is 16.5. The first-order valence-corrected chi connectivity index (χ1v) is 12.3. The van der Waals surface area contributed by atoms with Gasteiger partial charge in [0, 0.05) is 12.1 Å². The summed E-state index contributed by atoms with van der Waals surface area (Å²) in [5.74, 6) is -1.20. The molecule has 2 rings (SSSR count). The average Bonchev–Trinajstić information content (AvgIpc) is 2.79. The third kappa shape index (κ3) is 8.17. The second kappa shape index (κ2) is 12.4. The number of alkyl carbamates (subject to hydrolysis) is 1. The highest BCUT2D eigenvalue weighted by Gasteiger charge is 2.37. The van der Waals surface area contributed by atoms with Crippen molar-refractivity contribution in [3.05, 3.63) is 42.0 Å². The summed E-state index contributed by atoms with van der Waals surface area (Å²) in [5.41, 5.74) is 0.644. The van der Waals surface area contributed by atoms with Gasteiger partial charge in [0.15, 0.2) is 0 Å². The Kier molecular flexibility index (Phi) is 9.94. The lowest BCUT2D eigenvalue weighted by atomic mass is 9.94. The van der Waals surface area contributed by atoms with Crippen LogP contribution >= 0.6 is 0 Å². The number of carbonyl (C=O) groups is 3. The molecule has 0 heterocycles. The molecule has 0 aliphatic heterocycles. The summed E-state index contributed by atoms with van der Waals surface area (Å²) in [7, 11) is 0. The summed E-state index contributed by atoms with van der Waals surface area (Å²) >= 11 is 0. The van der Waals surface area contributed by atoms with Gasteiger partial charge in [0.25, 0.3) is 5.91 Å². The van der Waals surface area contributed by atoms with Crippen LogP contribution < -0.4 is 10.6 Å². The lowest BCUT2D eigenvalue weighted by molar-refractivity contribution is -0.139. The molecular weight excluding hydrogens is 442 g/mol. The second-order valence-electron chi connectivity index (χ2n) is 10.3. The van der Waals surface area contributed by atoms with Crippen molar-refractivity contribution in [2.45, 2.75) is 90.4 Å². The topological polar surface area (TPSA) is 87.7 Å². The van der Waals surface area contributed by atoms with Crippen LogP contribution in [0.15, 0.2) is 30.8 Å². The molecule has 2 N–H and O–H groups in total. The summed E-state index contributed by atoms with van der Waals surface area (Å²) in [5, 5.41) is 5.74. The van der Waals surface area contributed by atoms with Crippen LogP contribution in [0.5, 0.6) is 0 Å². The maximum atomic E-state index is 13.7. The zero-order valence-electron chi connectivity index (χ0n) is 21.6. The molecule has 3 amide bonds. The first kappa shape index (κ1) is 28.0. The van der Waals surface area contributed by atoms with Crippen molar-refractivity contribution in [2.24, 2.45) is 5.92 Å². The number of hydrogen-bond acceptors (Lipinski definition) is 4. The Morgan fingerprint density at radius 2 is 1.86 bits per heavy atom. The fraction of sp³-hybridized carbons (Fsp3) is 0.536. The fourth-order valence-corrected chi connectivity index (χ4v) is 4.16. The molecule has 7 heteroatoms. The molecular formula is C28H39N3O4. The summed E-state index contributed by atoms with van der Waals surface area (Å²) < 4.78 is 5.34. The van der Waals surface area contributed by atoms with Gasteiger partial charge in [-0.15, -0.1) is 0 Å². The van der Waals surface area contributed by atoms with Crippen LogP contribution in [-0.2, 0) is 14.3 Å². The van der Waals surface area contributed by atoms with Crippen LogP contribution in [0, 0.1) is 18.4 Å². The van der Waals surface area contributed by atoms with E-state index in [0.29, 0.717) is 5.56 Å². The van der Waals surface area contributed by atoms with Crippen LogP contribution in [0.3, 0.4) is 0 Å². The zero-order valence-corrected chi connectivity index (χ0v) is 21.6. The van der Waals surface area contributed by atoms with E-state index in [2.05, 4.69) is 23.3 Å². The highest BCUT2D eigenvalue weighted by molar-refractivity contribution is 5.93. The second-order valence-corrected chi connectivity index (χ2v) is 10.3. The Bertz CT molecular complexity index is 952. The van der Waals surface area contributed by atoms with Gasteiger partial charge in [-0.3, -0.25) is 14.5 Å². The van der Waals surface area contributed by atoms with Crippen molar-refractivity contribution in [2.75, 3.05) is 0 Å². The Labute approximate surface area is 209 Å². The van der Waals surface area contributed by atoms with Crippen LogP contribution in [0.2, 0.25) is 0 Å². The Balaban J connectivity index is 2.40. The molecule has 0 bridgehead atoms. The quantitative estimate of drug-likeness (QED) is 0.413. The number of hydrogen-bond donors (Lipinski definition) is 2. The van der Waals surface area contributed by atoms with Crippen LogP contribution in [0.1, 0.15) is 83.9 Å². The standard InChI is InChI=1S/C28H39N3O4/c1-8-20-14-13-15-21(18-20)24(25(32)29-22-16-11-10-12-17-22)31(9-2)26(33)23(19(3)4)30-27(34)35-28(5,6)7/h2,8,13-15,18-19,22-24H,1,10-12,16-17H2,3-7H3,(H,29,32)(H,30,34). The van der Waals surface area contributed by atoms with Crippen molar-refractivity contribution in [1.82, 2.24) is 15.5 Å².